The zero-order valence-electron chi connectivity index (χ0n) is 10.5. The van der Waals surface area contributed by atoms with E-state index < -0.39 is 5.60 Å². The highest BCUT2D eigenvalue weighted by Gasteiger charge is 2.18. The highest BCUT2D eigenvalue weighted by molar-refractivity contribution is 9.10. The van der Waals surface area contributed by atoms with Crippen molar-refractivity contribution in [2.45, 2.75) is 39.3 Å². The SMILES string of the molecule is CCn1c(CC(C)(C)O)cc2cccc(Br)c21. The van der Waals surface area contributed by atoms with Crippen LogP contribution in [0.25, 0.3) is 10.9 Å². The van der Waals surface area contributed by atoms with Crippen molar-refractivity contribution in [1.82, 2.24) is 4.57 Å². The van der Waals surface area contributed by atoms with E-state index in [1.807, 2.05) is 19.9 Å². The number of benzene rings is 1. The first-order valence-electron chi connectivity index (χ1n) is 5.91. The second kappa shape index (κ2) is 4.46. The second-order valence-corrected chi connectivity index (χ2v) is 5.90. The van der Waals surface area contributed by atoms with E-state index >= 15 is 0 Å². The van der Waals surface area contributed by atoms with Gasteiger partial charge < -0.3 is 9.67 Å². The fraction of sp³-hybridized carbons (Fsp3) is 0.429. The zero-order valence-corrected chi connectivity index (χ0v) is 12.1. The number of hydrogen-bond donors (Lipinski definition) is 1. The van der Waals surface area contributed by atoms with Gasteiger partial charge in [-0.3, -0.25) is 0 Å². The molecule has 0 amide bonds. The van der Waals surface area contributed by atoms with Gasteiger partial charge in [0.1, 0.15) is 0 Å². The van der Waals surface area contributed by atoms with Gasteiger partial charge in [0.2, 0.25) is 0 Å². The Kier molecular flexibility index (Phi) is 3.32. The van der Waals surface area contributed by atoms with E-state index in [1.165, 1.54) is 16.6 Å². The third-order valence-corrected chi connectivity index (χ3v) is 3.53. The number of aryl methyl sites for hydroxylation is 1. The van der Waals surface area contributed by atoms with E-state index in [2.05, 4.69) is 45.6 Å². The minimum atomic E-state index is -0.673. The molecule has 1 N–H and O–H groups in total. The molecular weight excluding hydrogens is 278 g/mol. The second-order valence-electron chi connectivity index (χ2n) is 5.05. The van der Waals surface area contributed by atoms with Crippen LogP contribution in [0.4, 0.5) is 0 Å². The molecule has 17 heavy (non-hydrogen) atoms. The Morgan fingerprint density at radius 2 is 2.06 bits per heavy atom. The van der Waals surface area contributed by atoms with Crippen LogP contribution in [-0.2, 0) is 13.0 Å². The molecule has 1 aromatic heterocycles. The largest absolute Gasteiger partial charge is 0.390 e. The van der Waals surface area contributed by atoms with Crippen molar-refractivity contribution < 1.29 is 5.11 Å². The Balaban J connectivity index is 2.61. The first-order valence-corrected chi connectivity index (χ1v) is 6.70. The summed E-state index contributed by atoms with van der Waals surface area (Å²) in [6.07, 6.45) is 0.669. The van der Waals surface area contributed by atoms with Crippen molar-refractivity contribution in [1.29, 1.82) is 0 Å². The van der Waals surface area contributed by atoms with Gasteiger partial charge in [-0.25, -0.2) is 0 Å². The lowest BCUT2D eigenvalue weighted by Gasteiger charge is -2.18. The molecule has 0 saturated heterocycles. The molecule has 1 aromatic carbocycles. The number of aromatic nitrogens is 1. The Hall–Kier alpha value is -0.800. The van der Waals surface area contributed by atoms with E-state index in [0.29, 0.717) is 6.42 Å². The van der Waals surface area contributed by atoms with E-state index in [1.54, 1.807) is 0 Å². The summed E-state index contributed by atoms with van der Waals surface area (Å²) in [5.74, 6) is 0. The van der Waals surface area contributed by atoms with Gasteiger partial charge in [0.25, 0.3) is 0 Å². The van der Waals surface area contributed by atoms with Crippen molar-refractivity contribution in [3.8, 4) is 0 Å². The van der Waals surface area contributed by atoms with Crippen molar-refractivity contribution in [3.05, 3.63) is 34.4 Å². The van der Waals surface area contributed by atoms with Gasteiger partial charge in [0.15, 0.2) is 0 Å². The van der Waals surface area contributed by atoms with E-state index in [4.69, 9.17) is 0 Å². The molecule has 0 unspecified atom stereocenters. The predicted octanol–water partition coefficient (Wildman–Crippen LogP) is 3.74. The maximum absolute atomic E-state index is 9.96. The van der Waals surface area contributed by atoms with Crippen LogP contribution in [0.1, 0.15) is 26.5 Å². The predicted molar refractivity (Wildman–Crippen MR) is 75.3 cm³/mol. The number of hydrogen-bond acceptors (Lipinski definition) is 1. The smallest absolute Gasteiger partial charge is 0.0646 e. The molecule has 2 nitrogen and oxygen atoms in total. The van der Waals surface area contributed by atoms with Gasteiger partial charge >= 0.3 is 0 Å². The summed E-state index contributed by atoms with van der Waals surface area (Å²) in [5.41, 5.74) is 1.73. The van der Waals surface area contributed by atoms with Crippen molar-refractivity contribution >= 4 is 26.8 Å². The van der Waals surface area contributed by atoms with Crippen LogP contribution in [0.5, 0.6) is 0 Å². The van der Waals surface area contributed by atoms with Gasteiger partial charge in [0.05, 0.1) is 11.1 Å². The zero-order chi connectivity index (χ0) is 12.6. The molecule has 0 aliphatic carbocycles. The third kappa shape index (κ3) is 2.55. The number of rotatable bonds is 3. The molecular formula is C14H18BrNO. The fourth-order valence-corrected chi connectivity index (χ4v) is 2.88. The molecule has 2 aromatic rings. The van der Waals surface area contributed by atoms with Crippen LogP contribution in [0.2, 0.25) is 0 Å². The molecule has 1 heterocycles. The average Bonchev–Trinajstić information content (AvgIpc) is 2.53. The Labute approximate surface area is 110 Å². The number of nitrogens with zero attached hydrogens (tertiary/aromatic N) is 1. The van der Waals surface area contributed by atoms with Gasteiger partial charge in [-0.05, 0) is 48.8 Å². The summed E-state index contributed by atoms with van der Waals surface area (Å²) in [5, 5.41) is 11.2. The molecule has 0 bridgehead atoms. The fourth-order valence-electron chi connectivity index (χ4n) is 2.29. The van der Waals surface area contributed by atoms with E-state index in [9.17, 15) is 5.11 Å². The Bertz CT molecular complexity index is 537. The van der Waals surface area contributed by atoms with Gasteiger partial charge in [-0.1, -0.05) is 12.1 Å². The molecule has 3 heteroatoms. The Morgan fingerprint density at radius 3 is 2.65 bits per heavy atom. The highest BCUT2D eigenvalue weighted by Crippen LogP contribution is 2.29. The van der Waals surface area contributed by atoms with Crippen LogP contribution in [-0.4, -0.2) is 15.3 Å². The van der Waals surface area contributed by atoms with Crippen molar-refractivity contribution in [2.24, 2.45) is 0 Å². The molecule has 0 atom stereocenters. The summed E-state index contributed by atoms with van der Waals surface area (Å²) < 4.78 is 3.37. The standard InChI is InChI=1S/C14H18BrNO/c1-4-16-11(9-14(2,3)17)8-10-6-5-7-12(15)13(10)16/h5-8,17H,4,9H2,1-3H3. The first-order chi connectivity index (χ1) is 7.92. The maximum atomic E-state index is 9.96. The molecule has 0 radical (unpaired) electrons. The van der Waals surface area contributed by atoms with E-state index in [0.717, 1.165) is 11.0 Å². The van der Waals surface area contributed by atoms with Crippen LogP contribution >= 0.6 is 15.9 Å². The third-order valence-electron chi connectivity index (χ3n) is 2.89. The lowest BCUT2D eigenvalue weighted by Crippen LogP contribution is -2.23. The van der Waals surface area contributed by atoms with Gasteiger partial charge in [-0.15, -0.1) is 0 Å². The van der Waals surface area contributed by atoms with Crippen molar-refractivity contribution in [2.75, 3.05) is 0 Å². The molecule has 0 aliphatic rings. The summed E-state index contributed by atoms with van der Waals surface area (Å²) in [6.45, 7) is 6.74. The number of halogens is 1. The molecule has 0 fully saturated rings. The normalized spacial score (nSPS) is 12.3. The maximum Gasteiger partial charge on any atom is 0.0646 e. The van der Waals surface area contributed by atoms with Crippen LogP contribution in [0.3, 0.4) is 0 Å². The molecule has 0 spiro atoms. The monoisotopic (exact) mass is 295 g/mol. The summed E-state index contributed by atoms with van der Waals surface area (Å²) in [6, 6.07) is 8.38. The molecule has 92 valence electrons. The number of para-hydroxylation sites is 1. The summed E-state index contributed by atoms with van der Waals surface area (Å²) in [4.78, 5) is 0. The quantitative estimate of drug-likeness (QED) is 0.917. The first kappa shape index (κ1) is 12.7. The molecule has 2 rings (SSSR count). The summed E-state index contributed by atoms with van der Waals surface area (Å²) in [7, 11) is 0. The topological polar surface area (TPSA) is 25.2 Å². The highest BCUT2D eigenvalue weighted by atomic mass is 79.9. The minimum absolute atomic E-state index is 0.669. The van der Waals surface area contributed by atoms with Crippen molar-refractivity contribution in [3.63, 3.8) is 0 Å². The minimum Gasteiger partial charge on any atom is -0.390 e. The lowest BCUT2D eigenvalue weighted by molar-refractivity contribution is 0.0791. The Morgan fingerprint density at radius 1 is 1.35 bits per heavy atom. The molecule has 0 aliphatic heterocycles. The van der Waals surface area contributed by atoms with Crippen LogP contribution in [0, 0.1) is 0 Å². The average molecular weight is 296 g/mol. The van der Waals surface area contributed by atoms with Gasteiger partial charge in [-0.2, -0.15) is 0 Å². The summed E-state index contributed by atoms with van der Waals surface area (Å²) >= 11 is 3.60. The van der Waals surface area contributed by atoms with Crippen LogP contribution in [0.15, 0.2) is 28.7 Å². The van der Waals surface area contributed by atoms with Gasteiger partial charge in [0, 0.05) is 28.5 Å². The van der Waals surface area contributed by atoms with Crippen LogP contribution < -0.4 is 0 Å². The molecule has 0 saturated carbocycles. The number of fused-ring (bicyclic) bond motifs is 1. The number of aliphatic hydroxyl groups is 1. The van der Waals surface area contributed by atoms with E-state index in [-0.39, 0.29) is 0 Å². The lowest BCUT2D eigenvalue weighted by atomic mass is 10.0.